The van der Waals surface area contributed by atoms with Gasteiger partial charge in [0.05, 0.1) is 18.5 Å². The van der Waals surface area contributed by atoms with Crippen LogP contribution in [0.4, 0.5) is 5.69 Å². The molecular formula is C21H24BrN3O5S. The highest BCUT2D eigenvalue weighted by Gasteiger charge is 2.37. The minimum Gasteiger partial charge on any atom is -0.467 e. The summed E-state index contributed by atoms with van der Waals surface area (Å²) in [5.41, 5.74) is 1.32. The molecule has 0 radical (unpaired) electrons. The van der Waals surface area contributed by atoms with Gasteiger partial charge in [-0.05, 0) is 49.1 Å². The number of benzene rings is 1. The number of sulfonamides is 1. The van der Waals surface area contributed by atoms with Gasteiger partial charge in [-0.25, -0.2) is 8.42 Å². The number of nitrogens with one attached hydrogen (secondary N) is 1. The van der Waals surface area contributed by atoms with Crippen molar-refractivity contribution in [2.75, 3.05) is 24.5 Å². The number of hydrogen-bond donors (Lipinski definition) is 1. The zero-order chi connectivity index (χ0) is 22.2. The minimum atomic E-state index is -3.81. The maximum Gasteiger partial charge on any atom is 0.245 e. The molecule has 2 aliphatic rings. The average Bonchev–Trinajstić information content (AvgIpc) is 3.41. The molecule has 10 heteroatoms. The maximum absolute atomic E-state index is 13.5. The second-order valence-electron chi connectivity index (χ2n) is 7.81. The predicted molar refractivity (Wildman–Crippen MR) is 118 cm³/mol. The SMILES string of the molecule is CC(=O)N1CCc2cc(Br)cc(S(=O)(=O)N3CCC(C(=O)NCc4ccco4)CC3)c21. The van der Waals surface area contributed by atoms with Gasteiger partial charge in [-0.1, -0.05) is 15.9 Å². The molecule has 0 atom stereocenters. The molecule has 4 rings (SSSR count). The smallest absolute Gasteiger partial charge is 0.245 e. The molecule has 8 nitrogen and oxygen atoms in total. The number of furan rings is 1. The summed E-state index contributed by atoms with van der Waals surface area (Å²) >= 11 is 3.40. The molecule has 166 valence electrons. The summed E-state index contributed by atoms with van der Waals surface area (Å²) in [5.74, 6) is 0.152. The molecule has 1 N–H and O–H groups in total. The minimum absolute atomic E-state index is 0.0976. The van der Waals surface area contributed by atoms with Gasteiger partial charge in [0.2, 0.25) is 21.8 Å². The zero-order valence-corrected chi connectivity index (χ0v) is 19.5. The van der Waals surface area contributed by atoms with Crippen LogP contribution in [0.5, 0.6) is 0 Å². The van der Waals surface area contributed by atoms with Crippen molar-refractivity contribution in [3.8, 4) is 0 Å². The van der Waals surface area contributed by atoms with E-state index in [9.17, 15) is 18.0 Å². The second kappa shape index (κ2) is 8.76. The summed E-state index contributed by atoms with van der Waals surface area (Å²) in [5, 5.41) is 2.85. The first-order valence-corrected chi connectivity index (χ1v) is 12.4. The molecule has 1 fully saturated rings. The van der Waals surface area contributed by atoms with Crippen molar-refractivity contribution in [1.82, 2.24) is 9.62 Å². The van der Waals surface area contributed by atoms with Crippen molar-refractivity contribution in [2.24, 2.45) is 5.92 Å². The summed E-state index contributed by atoms with van der Waals surface area (Å²) in [6.45, 7) is 2.74. The molecule has 1 aromatic carbocycles. The van der Waals surface area contributed by atoms with E-state index in [1.165, 1.54) is 16.1 Å². The van der Waals surface area contributed by atoms with Crippen LogP contribution < -0.4 is 10.2 Å². The van der Waals surface area contributed by atoms with E-state index in [0.29, 0.717) is 48.3 Å². The molecule has 1 aromatic heterocycles. The van der Waals surface area contributed by atoms with Crippen LogP contribution in [0, 0.1) is 5.92 Å². The van der Waals surface area contributed by atoms with Gasteiger partial charge in [0.25, 0.3) is 0 Å². The van der Waals surface area contributed by atoms with Gasteiger partial charge in [-0.2, -0.15) is 4.31 Å². The Morgan fingerprint density at radius 1 is 1.23 bits per heavy atom. The van der Waals surface area contributed by atoms with Crippen LogP contribution >= 0.6 is 15.9 Å². The third-order valence-electron chi connectivity index (χ3n) is 5.83. The Hall–Kier alpha value is -2.17. The third kappa shape index (κ3) is 4.42. The van der Waals surface area contributed by atoms with Crippen LogP contribution in [0.3, 0.4) is 0 Å². The van der Waals surface area contributed by atoms with E-state index in [1.54, 1.807) is 24.5 Å². The largest absolute Gasteiger partial charge is 0.467 e. The van der Waals surface area contributed by atoms with E-state index in [4.69, 9.17) is 4.42 Å². The average molecular weight is 510 g/mol. The van der Waals surface area contributed by atoms with E-state index in [1.807, 2.05) is 6.07 Å². The second-order valence-corrected chi connectivity index (χ2v) is 10.6. The number of halogens is 1. The van der Waals surface area contributed by atoms with Crippen LogP contribution in [-0.2, 0) is 32.6 Å². The molecular weight excluding hydrogens is 486 g/mol. The van der Waals surface area contributed by atoms with Crippen LogP contribution in [0.15, 0.2) is 44.3 Å². The van der Waals surface area contributed by atoms with E-state index in [0.717, 1.165) is 5.56 Å². The van der Waals surface area contributed by atoms with Crippen molar-refractivity contribution in [1.29, 1.82) is 0 Å². The summed E-state index contributed by atoms with van der Waals surface area (Å²) in [6, 6.07) is 6.98. The Kier molecular flexibility index (Phi) is 6.23. The van der Waals surface area contributed by atoms with Crippen molar-refractivity contribution in [3.63, 3.8) is 0 Å². The van der Waals surface area contributed by atoms with Gasteiger partial charge in [0.1, 0.15) is 10.7 Å². The number of rotatable bonds is 5. The van der Waals surface area contributed by atoms with Crippen molar-refractivity contribution in [3.05, 3.63) is 46.3 Å². The molecule has 1 saturated heterocycles. The Labute approximate surface area is 189 Å². The van der Waals surface area contributed by atoms with E-state index < -0.39 is 10.0 Å². The van der Waals surface area contributed by atoms with Crippen molar-refractivity contribution in [2.45, 2.75) is 37.6 Å². The molecule has 2 aromatic rings. The first-order chi connectivity index (χ1) is 14.8. The fourth-order valence-electron chi connectivity index (χ4n) is 4.21. The number of carbonyl (C=O) groups excluding carboxylic acids is 2. The van der Waals surface area contributed by atoms with Gasteiger partial charge in [-0.3, -0.25) is 9.59 Å². The number of fused-ring (bicyclic) bond motifs is 1. The van der Waals surface area contributed by atoms with Crippen LogP contribution in [0.25, 0.3) is 0 Å². The molecule has 2 aliphatic heterocycles. The highest BCUT2D eigenvalue weighted by atomic mass is 79.9. The van der Waals surface area contributed by atoms with Crippen LogP contribution in [0.2, 0.25) is 0 Å². The number of amides is 2. The van der Waals surface area contributed by atoms with Crippen LogP contribution in [-0.4, -0.2) is 44.2 Å². The number of carbonyl (C=O) groups is 2. The Morgan fingerprint density at radius 2 is 1.97 bits per heavy atom. The Morgan fingerprint density at radius 3 is 2.61 bits per heavy atom. The maximum atomic E-state index is 13.5. The van der Waals surface area contributed by atoms with Gasteiger partial charge >= 0.3 is 0 Å². The summed E-state index contributed by atoms with van der Waals surface area (Å²) < 4.78 is 34.3. The van der Waals surface area contributed by atoms with E-state index >= 15 is 0 Å². The quantitative estimate of drug-likeness (QED) is 0.667. The van der Waals surface area contributed by atoms with Gasteiger partial charge in [-0.15, -0.1) is 0 Å². The van der Waals surface area contributed by atoms with Gasteiger partial charge in [0, 0.05) is 36.9 Å². The first kappa shape index (κ1) is 22.0. The van der Waals surface area contributed by atoms with Gasteiger partial charge < -0.3 is 14.6 Å². The number of hydrogen-bond acceptors (Lipinski definition) is 5. The molecule has 0 spiro atoms. The molecule has 0 saturated carbocycles. The topological polar surface area (TPSA) is 99.9 Å². The molecule has 2 amide bonds. The van der Waals surface area contributed by atoms with E-state index in [-0.39, 0.29) is 35.7 Å². The first-order valence-electron chi connectivity index (χ1n) is 10.2. The Balaban J connectivity index is 1.48. The predicted octanol–water partition coefficient (Wildman–Crippen LogP) is 2.67. The lowest BCUT2D eigenvalue weighted by atomic mass is 9.97. The molecule has 31 heavy (non-hydrogen) atoms. The van der Waals surface area contributed by atoms with Crippen molar-refractivity contribution >= 4 is 43.5 Å². The monoisotopic (exact) mass is 509 g/mol. The van der Waals surface area contributed by atoms with Crippen molar-refractivity contribution < 1.29 is 22.4 Å². The fourth-order valence-corrected chi connectivity index (χ4v) is 6.60. The Bertz CT molecular complexity index is 1090. The number of nitrogens with zero attached hydrogens (tertiary/aromatic N) is 2. The van der Waals surface area contributed by atoms with E-state index in [2.05, 4.69) is 21.2 Å². The van der Waals surface area contributed by atoms with Crippen LogP contribution in [0.1, 0.15) is 31.1 Å². The standard InChI is InChI=1S/C21H24BrN3O5S/c1-14(26)25-9-6-16-11-17(22)12-19(20(16)25)31(28,29)24-7-4-15(5-8-24)21(27)23-13-18-3-2-10-30-18/h2-3,10-12,15H,4-9,13H2,1H3,(H,23,27). The lowest BCUT2D eigenvalue weighted by Gasteiger charge is -2.31. The molecule has 0 unspecified atom stereocenters. The zero-order valence-electron chi connectivity index (χ0n) is 17.1. The highest BCUT2D eigenvalue weighted by molar-refractivity contribution is 9.10. The van der Waals surface area contributed by atoms with Gasteiger partial charge in [0.15, 0.2) is 0 Å². The number of piperidine rings is 1. The lowest BCUT2D eigenvalue weighted by molar-refractivity contribution is -0.126. The molecule has 3 heterocycles. The fraction of sp³-hybridized carbons (Fsp3) is 0.429. The summed E-state index contributed by atoms with van der Waals surface area (Å²) in [6.07, 6.45) is 3.05. The third-order valence-corrected chi connectivity index (χ3v) is 8.20. The molecule has 0 aliphatic carbocycles. The lowest BCUT2D eigenvalue weighted by Crippen LogP contribution is -2.43. The number of anilines is 1. The molecule has 0 bridgehead atoms. The highest BCUT2D eigenvalue weighted by Crippen LogP contribution is 2.39. The summed E-state index contributed by atoms with van der Waals surface area (Å²) in [4.78, 5) is 26.2. The normalized spacial score (nSPS) is 17.5. The summed E-state index contributed by atoms with van der Waals surface area (Å²) in [7, 11) is -3.81.